The van der Waals surface area contributed by atoms with E-state index in [4.69, 9.17) is 4.99 Å². The van der Waals surface area contributed by atoms with Crippen LogP contribution in [0.5, 0.6) is 0 Å². The van der Waals surface area contributed by atoms with Crippen molar-refractivity contribution < 1.29 is 4.79 Å². The topological polar surface area (TPSA) is 56.7 Å². The van der Waals surface area contributed by atoms with Crippen molar-refractivity contribution in [3.05, 3.63) is 90.0 Å². The van der Waals surface area contributed by atoms with Gasteiger partial charge in [0, 0.05) is 19.0 Å². The Morgan fingerprint density at radius 1 is 0.931 bits per heavy atom. The second-order valence-electron chi connectivity index (χ2n) is 7.22. The number of rotatable bonds is 5. The molecule has 4 rings (SSSR count). The van der Waals surface area contributed by atoms with Crippen LogP contribution < -0.4 is 15.8 Å². The molecule has 5 heteroatoms. The standard InChI is InChI=1S/C24H24N4O/c1-17-12-14-18(15-13-17)23(29)16-22-24(27-26-19-8-4-3-5-9-19)25-20-10-6-7-11-21(20)28(22)2/h3-15,22,26H,16H2,1-2H3,(H,25,27). The van der Waals surface area contributed by atoms with Gasteiger partial charge in [0.15, 0.2) is 5.78 Å². The fourth-order valence-electron chi connectivity index (χ4n) is 3.45. The molecule has 0 fully saturated rings. The third-order valence-electron chi connectivity index (χ3n) is 5.15. The molecule has 0 saturated carbocycles. The molecule has 1 aliphatic rings. The van der Waals surface area contributed by atoms with Gasteiger partial charge in [-0.15, -0.1) is 0 Å². The third-order valence-corrected chi connectivity index (χ3v) is 5.15. The van der Waals surface area contributed by atoms with Gasteiger partial charge in [0.25, 0.3) is 0 Å². The van der Waals surface area contributed by atoms with Gasteiger partial charge in [-0.1, -0.05) is 60.2 Å². The fraction of sp³-hybridized carbons (Fsp3) is 0.167. The van der Waals surface area contributed by atoms with Crippen LogP contribution in [0, 0.1) is 6.92 Å². The number of hydrazine groups is 1. The number of fused-ring (bicyclic) bond motifs is 1. The highest BCUT2D eigenvalue weighted by atomic mass is 16.1. The van der Waals surface area contributed by atoms with E-state index in [1.54, 1.807) is 0 Å². The first-order valence-corrected chi connectivity index (χ1v) is 9.69. The summed E-state index contributed by atoms with van der Waals surface area (Å²) in [6.07, 6.45) is 0.330. The summed E-state index contributed by atoms with van der Waals surface area (Å²) in [4.78, 5) is 19.9. The van der Waals surface area contributed by atoms with Gasteiger partial charge in [0.1, 0.15) is 5.84 Å². The minimum Gasteiger partial charge on any atom is -0.362 e. The lowest BCUT2D eigenvalue weighted by Gasteiger charge is -2.35. The lowest BCUT2D eigenvalue weighted by atomic mass is 9.99. The largest absolute Gasteiger partial charge is 0.362 e. The summed E-state index contributed by atoms with van der Waals surface area (Å²) in [6, 6.07) is 25.3. The highest BCUT2D eigenvalue weighted by Crippen LogP contribution is 2.34. The quantitative estimate of drug-likeness (QED) is 0.493. The van der Waals surface area contributed by atoms with Crippen molar-refractivity contribution in [2.45, 2.75) is 19.4 Å². The van der Waals surface area contributed by atoms with E-state index in [0.29, 0.717) is 6.42 Å². The number of aliphatic imine (C=N–C) groups is 1. The minimum atomic E-state index is -0.199. The van der Waals surface area contributed by atoms with Gasteiger partial charge >= 0.3 is 0 Å². The Hall–Kier alpha value is -3.60. The molecule has 0 amide bonds. The number of nitrogens with one attached hydrogen (secondary N) is 2. The van der Waals surface area contributed by atoms with Crippen LogP contribution in [0.4, 0.5) is 17.1 Å². The first-order valence-electron chi connectivity index (χ1n) is 9.69. The SMILES string of the molecule is Cc1ccc(C(=O)CC2C(NNc3ccccc3)=Nc3ccccc3N2C)cc1. The Bertz CT molecular complexity index is 1030. The molecule has 29 heavy (non-hydrogen) atoms. The number of hydrogen-bond donors (Lipinski definition) is 2. The molecule has 0 aromatic heterocycles. The maximum atomic E-state index is 13.0. The Morgan fingerprint density at radius 3 is 2.38 bits per heavy atom. The van der Waals surface area contributed by atoms with Gasteiger partial charge in [-0.25, -0.2) is 4.99 Å². The second-order valence-corrected chi connectivity index (χ2v) is 7.22. The summed E-state index contributed by atoms with van der Waals surface area (Å²) in [5.41, 5.74) is 11.1. The predicted octanol–water partition coefficient (Wildman–Crippen LogP) is 4.73. The number of carbonyl (C=O) groups excluding carboxylic acids is 1. The smallest absolute Gasteiger partial charge is 0.165 e. The summed E-state index contributed by atoms with van der Waals surface area (Å²) in [6.45, 7) is 2.02. The van der Waals surface area contributed by atoms with E-state index in [2.05, 4.69) is 15.8 Å². The lowest BCUT2D eigenvalue weighted by molar-refractivity contribution is 0.0979. The zero-order chi connectivity index (χ0) is 20.2. The van der Waals surface area contributed by atoms with Crippen LogP contribution in [0.3, 0.4) is 0 Å². The first kappa shape index (κ1) is 18.7. The van der Waals surface area contributed by atoms with Crippen molar-refractivity contribution in [1.29, 1.82) is 0 Å². The molecule has 0 spiro atoms. The normalized spacial score (nSPS) is 15.3. The third kappa shape index (κ3) is 4.14. The molecule has 1 unspecified atom stereocenters. The van der Waals surface area contributed by atoms with Crippen LogP contribution in [0.1, 0.15) is 22.3 Å². The van der Waals surface area contributed by atoms with E-state index in [1.807, 2.05) is 92.8 Å². The molecular weight excluding hydrogens is 360 g/mol. The average molecular weight is 384 g/mol. The van der Waals surface area contributed by atoms with Crippen LogP contribution >= 0.6 is 0 Å². The van der Waals surface area contributed by atoms with Crippen LogP contribution in [-0.2, 0) is 0 Å². The number of aryl methyl sites for hydroxylation is 1. The number of carbonyl (C=O) groups is 1. The molecule has 3 aromatic rings. The number of anilines is 2. The van der Waals surface area contributed by atoms with Crippen LogP contribution in [0.15, 0.2) is 83.9 Å². The summed E-state index contributed by atoms with van der Waals surface area (Å²) in [5, 5.41) is 0. The summed E-state index contributed by atoms with van der Waals surface area (Å²) >= 11 is 0. The summed E-state index contributed by atoms with van der Waals surface area (Å²) in [5.74, 6) is 0.811. The number of ketones is 1. The Balaban J connectivity index is 1.60. The Labute approximate surface area is 171 Å². The number of likely N-dealkylation sites (N-methyl/N-ethyl adjacent to an activating group) is 1. The van der Waals surface area contributed by atoms with Crippen LogP contribution in [0.2, 0.25) is 0 Å². The summed E-state index contributed by atoms with van der Waals surface area (Å²) < 4.78 is 0. The van der Waals surface area contributed by atoms with Crippen molar-refractivity contribution in [2.24, 2.45) is 4.99 Å². The number of benzene rings is 3. The van der Waals surface area contributed by atoms with E-state index in [1.165, 1.54) is 0 Å². The molecule has 2 N–H and O–H groups in total. The van der Waals surface area contributed by atoms with Gasteiger partial charge in [-0.3, -0.25) is 15.6 Å². The molecule has 5 nitrogen and oxygen atoms in total. The number of nitrogens with zero attached hydrogens (tertiary/aromatic N) is 2. The highest BCUT2D eigenvalue weighted by molar-refractivity contribution is 6.04. The zero-order valence-corrected chi connectivity index (χ0v) is 16.6. The molecule has 146 valence electrons. The Kier molecular flexibility index (Phi) is 5.29. The highest BCUT2D eigenvalue weighted by Gasteiger charge is 2.30. The van der Waals surface area contributed by atoms with Gasteiger partial charge in [0.2, 0.25) is 0 Å². The van der Waals surface area contributed by atoms with Crippen molar-refractivity contribution >= 4 is 28.7 Å². The van der Waals surface area contributed by atoms with Crippen LogP contribution in [-0.4, -0.2) is 24.7 Å². The van der Waals surface area contributed by atoms with Gasteiger partial charge in [-0.05, 0) is 31.2 Å². The van der Waals surface area contributed by atoms with E-state index in [-0.39, 0.29) is 11.8 Å². The van der Waals surface area contributed by atoms with E-state index < -0.39 is 0 Å². The number of amidine groups is 1. The lowest BCUT2D eigenvalue weighted by Crippen LogP contribution is -2.49. The molecular formula is C24H24N4O. The van der Waals surface area contributed by atoms with Gasteiger partial charge in [-0.2, -0.15) is 0 Å². The number of hydrogen-bond acceptors (Lipinski definition) is 5. The molecule has 0 aliphatic carbocycles. The molecule has 0 radical (unpaired) electrons. The summed E-state index contributed by atoms with van der Waals surface area (Å²) in [7, 11) is 2.00. The van der Waals surface area contributed by atoms with Gasteiger partial charge < -0.3 is 4.90 Å². The molecule has 1 atom stereocenters. The Morgan fingerprint density at radius 2 is 1.62 bits per heavy atom. The second kappa shape index (κ2) is 8.19. The molecule has 0 bridgehead atoms. The minimum absolute atomic E-state index is 0.0930. The fourth-order valence-corrected chi connectivity index (χ4v) is 3.45. The molecule has 1 aliphatic heterocycles. The van der Waals surface area contributed by atoms with E-state index in [9.17, 15) is 4.79 Å². The average Bonchev–Trinajstić information content (AvgIpc) is 2.75. The molecule has 1 heterocycles. The predicted molar refractivity (Wildman–Crippen MR) is 119 cm³/mol. The molecule has 3 aromatic carbocycles. The van der Waals surface area contributed by atoms with Crippen molar-refractivity contribution in [2.75, 3.05) is 17.4 Å². The number of para-hydroxylation sites is 3. The van der Waals surface area contributed by atoms with E-state index in [0.717, 1.165) is 34.0 Å². The van der Waals surface area contributed by atoms with Crippen molar-refractivity contribution in [3.8, 4) is 0 Å². The zero-order valence-electron chi connectivity index (χ0n) is 16.6. The monoisotopic (exact) mass is 384 g/mol. The molecule has 0 saturated heterocycles. The maximum Gasteiger partial charge on any atom is 0.165 e. The van der Waals surface area contributed by atoms with Crippen molar-refractivity contribution in [3.63, 3.8) is 0 Å². The van der Waals surface area contributed by atoms with E-state index >= 15 is 0 Å². The maximum absolute atomic E-state index is 13.0. The van der Waals surface area contributed by atoms with Gasteiger partial charge in [0.05, 0.1) is 23.1 Å². The number of Topliss-reactive ketones (excluding diaryl/α,β-unsaturated/α-hetero) is 1. The van der Waals surface area contributed by atoms with Crippen molar-refractivity contribution in [1.82, 2.24) is 5.43 Å². The first-order chi connectivity index (χ1) is 14.1. The van der Waals surface area contributed by atoms with Crippen LogP contribution in [0.25, 0.3) is 0 Å².